The van der Waals surface area contributed by atoms with Crippen LogP contribution < -0.4 is 5.43 Å². The van der Waals surface area contributed by atoms with Gasteiger partial charge in [-0.15, -0.1) is 0 Å². The Balaban J connectivity index is 1.88. The Bertz CT molecular complexity index is 664. The van der Waals surface area contributed by atoms with Gasteiger partial charge >= 0.3 is 5.97 Å². The third-order valence-corrected chi connectivity index (χ3v) is 3.32. The highest BCUT2D eigenvalue weighted by molar-refractivity contribution is 5.77. The molecular formula is C16H20N2O3. The second-order valence-electron chi connectivity index (χ2n) is 4.86. The summed E-state index contributed by atoms with van der Waals surface area (Å²) in [5, 5.41) is 4.87. The molecule has 2 rings (SSSR count). The van der Waals surface area contributed by atoms with Gasteiger partial charge in [-0.3, -0.25) is 14.3 Å². The average molecular weight is 288 g/mol. The van der Waals surface area contributed by atoms with E-state index in [4.69, 9.17) is 4.74 Å². The largest absolute Gasteiger partial charge is 0.466 e. The van der Waals surface area contributed by atoms with Crippen LogP contribution >= 0.6 is 0 Å². The Kier molecular flexibility index (Phi) is 5.49. The number of aromatic nitrogens is 2. The molecule has 0 saturated carbocycles. The summed E-state index contributed by atoms with van der Waals surface area (Å²) in [4.78, 5) is 22.9. The predicted molar refractivity (Wildman–Crippen MR) is 81.1 cm³/mol. The Morgan fingerprint density at radius 3 is 2.86 bits per heavy atom. The molecule has 1 heterocycles. The Labute approximate surface area is 123 Å². The normalized spacial score (nSPS) is 10.7. The molecular weight excluding hydrogens is 268 g/mol. The number of esters is 1. The molecule has 0 fully saturated rings. The van der Waals surface area contributed by atoms with Crippen molar-refractivity contribution in [1.82, 2.24) is 9.78 Å². The molecule has 0 amide bonds. The summed E-state index contributed by atoms with van der Waals surface area (Å²) in [6.07, 6.45) is 4.49. The van der Waals surface area contributed by atoms with Crippen molar-refractivity contribution in [1.29, 1.82) is 0 Å². The number of hydrogen-bond donors (Lipinski definition) is 0. The third kappa shape index (κ3) is 4.15. The fourth-order valence-electron chi connectivity index (χ4n) is 2.28. The lowest BCUT2D eigenvalue weighted by molar-refractivity contribution is -0.143. The lowest BCUT2D eigenvalue weighted by Gasteiger charge is -2.08. The van der Waals surface area contributed by atoms with Crippen LogP contribution in [0.1, 0.15) is 32.6 Å². The van der Waals surface area contributed by atoms with Crippen molar-refractivity contribution in [3.63, 3.8) is 0 Å². The first-order valence-electron chi connectivity index (χ1n) is 7.33. The number of ether oxygens (including phenoxy) is 1. The molecule has 2 aromatic rings. The van der Waals surface area contributed by atoms with E-state index < -0.39 is 0 Å². The smallest absolute Gasteiger partial charge is 0.305 e. The van der Waals surface area contributed by atoms with Crippen LogP contribution in [0.25, 0.3) is 10.9 Å². The average Bonchev–Trinajstić information content (AvgIpc) is 2.49. The maximum absolute atomic E-state index is 11.7. The van der Waals surface area contributed by atoms with E-state index in [1.165, 1.54) is 6.20 Å². The predicted octanol–water partition coefficient (Wildman–Crippen LogP) is 2.52. The zero-order valence-electron chi connectivity index (χ0n) is 12.2. The van der Waals surface area contributed by atoms with E-state index in [1.54, 1.807) is 0 Å². The summed E-state index contributed by atoms with van der Waals surface area (Å²) >= 11 is 0. The highest BCUT2D eigenvalue weighted by Gasteiger charge is 2.04. The van der Waals surface area contributed by atoms with Crippen molar-refractivity contribution in [2.75, 3.05) is 6.61 Å². The van der Waals surface area contributed by atoms with Gasteiger partial charge in [0.25, 0.3) is 0 Å². The number of fused-ring (bicyclic) bond motifs is 1. The molecule has 0 radical (unpaired) electrons. The van der Waals surface area contributed by atoms with Crippen LogP contribution in [-0.4, -0.2) is 22.4 Å². The van der Waals surface area contributed by atoms with Gasteiger partial charge in [-0.05, 0) is 31.9 Å². The van der Waals surface area contributed by atoms with Gasteiger partial charge in [0.1, 0.15) is 0 Å². The number of unbranched alkanes of at least 4 members (excludes halogenated alkanes) is 2. The molecule has 21 heavy (non-hydrogen) atoms. The first-order chi connectivity index (χ1) is 10.2. The monoisotopic (exact) mass is 288 g/mol. The molecule has 0 saturated heterocycles. The zero-order valence-corrected chi connectivity index (χ0v) is 12.2. The van der Waals surface area contributed by atoms with E-state index in [9.17, 15) is 9.59 Å². The molecule has 0 atom stereocenters. The molecule has 0 bridgehead atoms. The Hall–Kier alpha value is -2.17. The molecule has 5 heteroatoms. The maximum Gasteiger partial charge on any atom is 0.305 e. The van der Waals surface area contributed by atoms with Crippen molar-refractivity contribution in [2.45, 2.75) is 39.2 Å². The number of aryl methyl sites for hydroxylation is 1. The van der Waals surface area contributed by atoms with Gasteiger partial charge in [0.15, 0.2) is 0 Å². The minimum Gasteiger partial charge on any atom is -0.466 e. The minimum absolute atomic E-state index is 0.0517. The summed E-state index contributed by atoms with van der Waals surface area (Å²) in [7, 11) is 0. The van der Waals surface area contributed by atoms with Crippen molar-refractivity contribution >= 4 is 16.9 Å². The standard InChI is InChI=1S/C16H20N2O3/c1-2-21-16(20)10-4-3-7-11-18-14-9-6-5-8-13(14)15(19)12-17-18/h5-6,8-9,12H,2-4,7,10-11H2,1H3. The summed E-state index contributed by atoms with van der Waals surface area (Å²) in [5.74, 6) is -0.135. The minimum atomic E-state index is -0.135. The fraction of sp³-hybridized carbons (Fsp3) is 0.438. The van der Waals surface area contributed by atoms with E-state index in [2.05, 4.69) is 5.10 Å². The van der Waals surface area contributed by atoms with E-state index in [-0.39, 0.29) is 11.4 Å². The molecule has 0 aliphatic carbocycles. The second kappa shape index (κ2) is 7.57. The quantitative estimate of drug-likeness (QED) is 0.580. The maximum atomic E-state index is 11.7. The lowest BCUT2D eigenvalue weighted by Crippen LogP contribution is -2.12. The Morgan fingerprint density at radius 2 is 2.05 bits per heavy atom. The molecule has 1 aromatic heterocycles. The van der Waals surface area contributed by atoms with Crippen LogP contribution in [0, 0.1) is 0 Å². The summed E-state index contributed by atoms with van der Waals surface area (Å²) in [5.41, 5.74) is 0.805. The molecule has 0 aliphatic rings. The fourth-order valence-corrected chi connectivity index (χ4v) is 2.28. The second-order valence-corrected chi connectivity index (χ2v) is 4.86. The molecule has 5 nitrogen and oxygen atoms in total. The zero-order chi connectivity index (χ0) is 15.1. The van der Waals surface area contributed by atoms with Crippen LogP contribution in [0.4, 0.5) is 0 Å². The molecule has 1 aromatic carbocycles. The van der Waals surface area contributed by atoms with E-state index >= 15 is 0 Å². The van der Waals surface area contributed by atoms with Crippen LogP contribution in [0.2, 0.25) is 0 Å². The Morgan fingerprint density at radius 1 is 1.24 bits per heavy atom. The molecule has 0 N–H and O–H groups in total. The van der Waals surface area contributed by atoms with Gasteiger partial charge in [0.05, 0.1) is 18.3 Å². The van der Waals surface area contributed by atoms with Gasteiger partial charge in [-0.2, -0.15) is 5.10 Å². The first kappa shape index (κ1) is 15.2. The SMILES string of the molecule is CCOC(=O)CCCCCn1ncc(=O)c2ccccc21. The molecule has 112 valence electrons. The van der Waals surface area contributed by atoms with Gasteiger partial charge in [-0.1, -0.05) is 18.6 Å². The van der Waals surface area contributed by atoms with E-state index in [0.717, 1.165) is 31.3 Å². The number of nitrogens with zero attached hydrogens (tertiary/aromatic N) is 2. The summed E-state index contributed by atoms with van der Waals surface area (Å²) < 4.78 is 6.73. The van der Waals surface area contributed by atoms with Gasteiger partial charge < -0.3 is 4.74 Å². The first-order valence-corrected chi connectivity index (χ1v) is 7.33. The van der Waals surface area contributed by atoms with Crippen LogP contribution in [0.5, 0.6) is 0 Å². The summed E-state index contributed by atoms with van der Waals surface area (Å²) in [6.45, 7) is 2.99. The van der Waals surface area contributed by atoms with Crippen molar-refractivity contribution in [2.24, 2.45) is 0 Å². The summed E-state index contributed by atoms with van der Waals surface area (Å²) in [6, 6.07) is 7.48. The number of carbonyl (C=O) groups excluding carboxylic acids is 1. The van der Waals surface area contributed by atoms with Crippen molar-refractivity contribution in [3.05, 3.63) is 40.7 Å². The van der Waals surface area contributed by atoms with E-state index in [1.807, 2.05) is 35.9 Å². The van der Waals surface area contributed by atoms with Gasteiger partial charge in [-0.25, -0.2) is 0 Å². The highest BCUT2D eigenvalue weighted by atomic mass is 16.5. The molecule has 0 spiro atoms. The van der Waals surface area contributed by atoms with Gasteiger partial charge in [0, 0.05) is 18.4 Å². The van der Waals surface area contributed by atoms with Crippen LogP contribution in [-0.2, 0) is 16.1 Å². The lowest BCUT2D eigenvalue weighted by atomic mass is 10.2. The van der Waals surface area contributed by atoms with Crippen LogP contribution in [0.15, 0.2) is 35.3 Å². The van der Waals surface area contributed by atoms with E-state index in [0.29, 0.717) is 18.4 Å². The molecule has 0 unspecified atom stereocenters. The van der Waals surface area contributed by atoms with Crippen molar-refractivity contribution < 1.29 is 9.53 Å². The van der Waals surface area contributed by atoms with Crippen molar-refractivity contribution in [3.8, 4) is 0 Å². The number of rotatable bonds is 7. The number of hydrogen-bond acceptors (Lipinski definition) is 4. The third-order valence-electron chi connectivity index (χ3n) is 3.32. The number of benzene rings is 1. The number of para-hydroxylation sites is 1. The highest BCUT2D eigenvalue weighted by Crippen LogP contribution is 2.10. The van der Waals surface area contributed by atoms with Crippen LogP contribution in [0.3, 0.4) is 0 Å². The topological polar surface area (TPSA) is 61.2 Å². The molecule has 0 aliphatic heterocycles. The number of carbonyl (C=O) groups is 1. The van der Waals surface area contributed by atoms with Gasteiger partial charge in [0.2, 0.25) is 5.43 Å².